The molecule has 0 spiro atoms. The van der Waals surface area contributed by atoms with Gasteiger partial charge in [-0.2, -0.15) is 13.2 Å². The third-order valence-electron chi connectivity index (χ3n) is 2.44. The molecule has 108 valence electrons. The maximum Gasteiger partial charge on any atom is 0.434 e. The van der Waals surface area contributed by atoms with Crippen molar-refractivity contribution in [3.05, 3.63) is 29.0 Å². The van der Waals surface area contributed by atoms with Crippen LogP contribution >= 0.6 is 11.3 Å². The lowest BCUT2D eigenvalue weighted by Crippen LogP contribution is -2.17. The Kier molecular flexibility index (Phi) is 4.66. The topological polar surface area (TPSA) is 50.7 Å². The molecule has 1 N–H and O–H groups in total. The van der Waals surface area contributed by atoms with Crippen LogP contribution < -0.4 is 5.32 Å². The first-order valence-corrected chi connectivity index (χ1v) is 6.89. The number of rotatable bonds is 5. The quantitative estimate of drug-likeness (QED) is 0.862. The van der Waals surface area contributed by atoms with Gasteiger partial charge in [-0.25, -0.2) is 15.0 Å². The summed E-state index contributed by atoms with van der Waals surface area (Å²) in [5, 5.41) is 3.14. The molecular weight excluding hydrogens is 289 g/mol. The van der Waals surface area contributed by atoms with Gasteiger partial charge in [-0.1, -0.05) is 6.92 Å². The second kappa shape index (κ2) is 6.27. The summed E-state index contributed by atoms with van der Waals surface area (Å²) in [6.07, 6.45) is -0.653. The molecule has 0 aliphatic carbocycles. The number of nitrogens with zero attached hydrogens (tertiary/aromatic N) is 3. The van der Waals surface area contributed by atoms with Crippen LogP contribution in [0.25, 0.3) is 10.8 Å². The zero-order valence-corrected chi connectivity index (χ0v) is 11.6. The molecule has 0 radical (unpaired) electrons. The molecule has 0 saturated heterocycles. The van der Waals surface area contributed by atoms with E-state index in [0.29, 0.717) is 6.54 Å². The molecule has 2 aromatic rings. The molecule has 2 heterocycles. The molecule has 8 heteroatoms. The molecule has 4 nitrogen and oxygen atoms in total. The van der Waals surface area contributed by atoms with Crippen LogP contribution in [0.5, 0.6) is 0 Å². The standard InChI is InChI=1S/C12H13F3N4S/c1-2-4-16-7-8-9(12(13,14)15)19-11(20-8)10-17-5-3-6-18-10/h3,5-6,16H,2,4,7H2,1H3. The molecule has 0 aromatic carbocycles. The van der Waals surface area contributed by atoms with E-state index in [1.165, 1.54) is 12.4 Å². The van der Waals surface area contributed by atoms with Gasteiger partial charge in [-0.15, -0.1) is 11.3 Å². The zero-order chi connectivity index (χ0) is 14.6. The minimum atomic E-state index is -4.47. The number of alkyl halides is 3. The lowest BCUT2D eigenvalue weighted by Gasteiger charge is -2.06. The van der Waals surface area contributed by atoms with Crippen LogP contribution in [0.15, 0.2) is 18.5 Å². The predicted octanol–water partition coefficient (Wildman–Crippen LogP) is 3.12. The van der Waals surface area contributed by atoms with Gasteiger partial charge >= 0.3 is 6.18 Å². The Bertz CT molecular complexity index is 554. The summed E-state index contributed by atoms with van der Waals surface area (Å²) >= 11 is 0.971. The van der Waals surface area contributed by atoms with Crippen molar-refractivity contribution >= 4 is 11.3 Å². The molecule has 2 rings (SSSR count). The van der Waals surface area contributed by atoms with Crippen molar-refractivity contribution in [3.63, 3.8) is 0 Å². The maximum absolute atomic E-state index is 13.0. The van der Waals surface area contributed by atoms with Gasteiger partial charge < -0.3 is 5.32 Å². The van der Waals surface area contributed by atoms with Crippen molar-refractivity contribution in [2.75, 3.05) is 6.54 Å². The molecular formula is C12H13F3N4S. The third kappa shape index (κ3) is 3.51. The fraction of sp³-hybridized carbons (Fsp3) is 0.417. The first-order chi connectivity index (χ1) is 9.52. The monoisotopic (exact) mass is 302 g/mol. The largest absolute Gasteiger partial charge is 0.434 e. The Balaban J connectivity index is 2.32. The SMILES string of the molecule is CCCNCc1sc(-c2ncccn2)nc1C(F)(F)F. The minimum absolute atomic E-state index is 0.146. The van der Waals surface area contributed by atoms with Gasteiger partial charge in [0.15, 0.2) is 16.5 Å². The van der Waals surface area contributed by atoms with Gasteiger partial charge in [0.05, 0.1) is 4.88 Å². The molecule has 20 heavy (non-hydrogen) atoms. The van der Waals surface area contributed by atoms with Crippen molar-refractivity contribution in [2.24, 2.45) is 0 Å². The van der Waals surface area contributed by atoms with Gasteiger partial charge in [0.1, 0.15) is 0 Å². The first kappa shape index (κ1) is 14.9. The fourth-order valence-corrected chi connectivity index (χ4v) is 2.58. The van der Waals surface area contributed by atoms with E-state index in [1.54, 1.807) is 6.07 Å². The predicted molar refractivity (Wildman–Crippen MR) is 70.1 cm³/mol. The Labute approximate surface area is 118 Å². The summed E-state index contributed by atoms with van der Waals surface area (Å²) in [6.45, 7) is 2.76. The van der Waals surface area contributed by atoms with Crippen LogP contribution in [0.2, 0.25) is 0 Å². The molecule has 0 aliphatic heterocycles. The van der Waals surface area contributed by atoms with Crippen LogP contribution in [0.4, 0.5) is 13.2 Å². The van der Waals surface area contributed by atoms with E-state index in [2.05, 4.69) is 20.3 Å². The summed E-state index contributed by atoms with van der Waals surface area (Å²) < 4.78 is 38.9. The third-order valence-corrected chi connectivity index (χ3v) is 3.49. The molecule has 0 unspecified atom stereocenters. The molecule has 0 aliphatic rings. The highest BCUT2D eigenvalue weighted by Crippen LogP contribution is 2.36. The molecule has 0 amide bonds. The highest BCUT2D eigenvalue weighted by molar-refractivity contribution is 7.15. The van der Waals surface area contributed by atoms with Gasteiger partial charge in [-0.3, -0.25) is 0 Å². The molecule has 2 aromatic heterocycles. The Morgan fingerprint density at radius 1 is 1.25 bits per heavy atom. The zero-order valence-electron chi connectivity index (χ0n) is 10.7. The summed E-state index contributed by atoms with van der Waals surface area (Å²) in [5.41, 5.74) is -0.853. The number of nitrogens with one attached hydrogen (secondary N) is 1. The van der Waals surface area contributed by atoms with Gasteiger partial charge in [-0.05, 0) is 19.0 Å². The van der Waals surface area contributed by atoms with Crippen LogP contribution in [0.3, 0.4) is 0 Å². The number of hydrogen-bond acceptors (Lipinski definition) is 5. The Morgan fingerprint density at radius 3 is 2.55 bits per heavy atom. The smallest absolute Gasteiger partial charge is 0.312 e. The number of aromatic nitrogens is 3. The molecule has 0 fully saturated rings. The van der Waals surface area contributed by atoms with Gasteiger partial charge in [0.2, 0.25) is 0 Å². The lowest BCUT2D eigenvalue weighted by molar-refractivity contribution is -0.141. The maximum atomic E-state index is 13.0. The van der Waals surface area contributed by atoms with E-state index in [1.807, 2.05) is 6.92 Å². The molecule has 0 bridgehead atoms. The summed E-state index contributed by atoms with van der Waals surface area (Å²) in [4.78, 5) is 11.7. The van der Waals surface area contributed by atoms with E-state index in [9.17, 15) is 13.2 Å². The van der Waals surface area contributed by atoms with Crippen LogP contribution in [0, 0.1) is 0 Å². The van der Waals surface area contributed by atoms with Crippen molar-refractivity contribution in [1.29, 1.82) is 0 Å². The van der Waals surface area contributed by atoms with Crippen molar-refractivity contribution in [1.82, 2.24) is 20.3 Å². The van der Waals surface area contributed by atoms with Crippen molar-refractivity contribution in [3.8, 4) is 10.8 Å². The Morgan fingerprint density at radius 2 is 1.95 bits per heavy atom. The average molecular weight is 302 g/mol. The Hall–Kier alpha value is -1.54. The van der Waals surface area contributed by atoms with Crippen LogP contribution in [0.1, 0.15) is 23.9 Å². The van der Waals surface area contributed by atoms with Crippen molar-refractivity contribution in [2.45, 2.75) is 26.1 Å². The summed E-state index contributed by atoms with van der Waals surface area (Å²) in [6, 6.07) is 1.60. The summed E-state index contributed by atoms with van der Waals surface area (Å²) in [7, 11) is 0. The van der Waals surface area contributed by atoms with Crippen LogP contribution in [-0.2, 0) is 12.7 Å². The van der Waals surface area contributed by atoms with Crippen LogP contribution in [-0.4, -0.2) is 21.5 Å². The van der Waals surface area contributed by atoms with E-state index >= 15 is 0 Å². The van der Waals surface area contributed by atoms with E-state index in [4.69, 9.17) is 0 Å². The summed E-state index contributed by atoms with van der Waals surface area (Å²) in [5.74, 6) is 0.213. The van der Waals surface area contributed by atoms with Gasteiger partial charge in [0, 0.05) is 18.9 Å². The van der Waals surface area contributed by atoms with E-state index < -0.39 is 11.9 Å². The second-order valence-electron chi connectivity index (χ2n) is 4.04. The second-order valence-corrected chi connectivity index (χ2v) is 5.12. The number of thiazole rings is 1. The van der Waals surface area contributed by atoms with E-state index in [-0.39, 0.29) is 22.3 Å². The van der Waals surface area contributed by atoms with E-state index in [0.717, 1.165) is 17.8 Å². The van der Waals surface area contributed by atoms with Gasteiger partial charge in [0.25, 0.3) is 0 Å². The normalized spacial score (nSPS) is 11.8. The molecule has 0 atom stereocenters. The highest BCUT2D eigenvalue weighted by Gasteiger charge is 2.37. The number of hydrogen-bond donors (Lipinski definition) is 1. The highest BCUT2D eigenvalue weighted by atomic mass is 32.1. The van der Waals surface area contributed by atoms with Crippen molar-refractivity contribution < 1.29 is 13.2 Å². The first-order valence-electron chi connectivity index (χ1n) is 6.07. The number of halogens is 3. The average Bonchev–Trinajstić information content (AvgIpc) is 2.84. The lowest BCUT2D eigenvalue weighted by atomic mass is 10.3. The fourth-order valence-electron chi connectivity index (χ4n) is 1.58. The molecule has 0 saturated carbocycles. The minimum Gasteiger partial charge on any atom is -0.312 e.